The van der Waals surface area contributed by atoms with Crippen molar-refractivity contribution >= 4 is 38.6 Å². The summed E-state index contributed by atoms with van der Waals surface area (Å²) in [5.41, 5.74) is 5.33. The van der Waals surface area contributed by atoms with Crippen LogP contribution in [0.5, 0.6) is 5.75 Å². The number of anilines is 1. The molecule has 1 heterocycles. The second kappa shape index (κ2) is 11.3. The lowest BCUT2D eigenvalue weighted by Gasteiger charge is -2.16. The van der Waals surface area contributed by atoms with Crippen LogP contribution in [0.25, 0.3) is 10.9 Å². The van der Waals surface area contributed by atoms with Crippen molar-refractivity contribution < 1.29 is 27.9 Å². The Morgan fingerprint density at radius 2 is 1.78 bits per heavy atom. The SMILES string of the molecule is COc1cc(C(=O)NS(=O)(=O)c2ccccc2C)ccc1Cc1c(C2CCCC2)n(C)c2ccc(NC(=O)O)cc12. The number of carbonyl (C=O) groups excluding carboxylic acids is 1. The van der Waals surface area contributed by atoms with Crippen LogP contribution in [0.1, 0.15) is 64.3 Å². The molecule has 41 heavy (non-hydrogen) atoms. The molecular weight excluding hydrogens is 542 g/mol. The third-order valence-electron chi connectivity index (χ3n) is 7.87. The van der Waals surface area contributed by atoms with Crippen molar-refractivity contribution in [1.82, 2.24) is 9.29 Å². The van der Waals surface area contributed by atoms with Gasteiger partial charge in [0.2, 0.25) is 0 Å². The van der Waals surface area contributed by atoms with Gasteiger partial charge in [0, 0.05) is 41.3 Å². The highest BCUT2D eigenvalue weighted by Crippen LogP contribution is 2.41. The van der Waals surface area contributed by atoms with E-state index in [1.54, 1.807) is 49.4 Å². The zero-order valence-corrected chi connectivity index (χ0v) is 24.0. The number of carbonyl (C=O) groups is 2. The van der Waals surface area contributed by atoms with Gasteiger partial charge in [-0.15, -0.1) is 0 Å². The maximum atomic E-state index is 13.0. The molecule has 1 saturated carbocycles. The number of sulfonamides is 1. The van der Waals surface area contributed by atoms with Crippen LogP contribution in [0.2, 0.25) is 0 Å². The van der Waals surface area contributed by atoms with Crippen molar-refractivity contribution in [3.63, 3.8) is 0 Å². The summed E-state index contributed by atoms with van der Waals surface area (Å²) in [6.07, 6.45) is 3.86. The summed E-state index contributed by atoms with van der Waals surface area (Å²) in [5, 5.41) is 12.7. The van der Waals surface area contributed by atoms with Crippen molar-refractivity contribution in [3.05, 3.63) is 88.6 Å². The van der Waals surface area contributed by atoms with Gasteiger partial charge in [0.1, 0.15) is 5.75 Å². The van der Waals surface area contributed by atoms with Crippen LogP contribution in [0.4, 0.5) is 10.5 Å². The first kappa shape index (κ1) is 28.2. The quantitative estimate of drug-likeness (QED) is 0.238. The van der Waals surface area contributed by atoms with Gasteiger partial charge in [0.25, 0.3) is 15.9 Å². The van der Waals surface area contributed by atoms with E-state index >= 15 is 0 Å². The molecule has 0 radical (unpaired) electrons. The van der Waals surface area contributed by atoms with Gasteiger partial charge in [-0.3, -0.25) is 10.1 Å². The van der Waals surface area contributed by atoms with Crippen molar-refractivity contribution in [2.75, 3.05) is 12.4 Å². The number of aromatic nitrogens is 1. The number of fused-ring (bicyclic) bond motifs is 1. The Labute approximate surface area is 239 Å². The topological polar surface area (TPSA) is 127 Å². The first-order chi connectivity index (χ1) is 19.6. The Bertz CT molecular complexity index is 1750. The zero-order valence-electron chi connectivity index (χ0n) is 23.2. The molecule has 1 aliphatic rings. The molecule has 0 bridgehead atoms. The lowest BCUT2D eigenvalue weighted by molar-refractivity contribution is 0.0981. The predicted molar refractivity (Wildman–Crippen MR) is 157 cm³/mol. The fraction of sp³-hybridized carbons (Fsp3) is 0.290. The van der Waals surface area contributed by atoms with E-state index in [0.29, 0.717) is 29.3 Å². The Morgan fingerprint density at radius 1 is 1.05 bits per heavy atom. The lowest BCUT2D eigenvalue weighted by atomic mass is 9.93. The molecule has 1 aliphatic carbocycles. The molecule has 2 amide bonds. The van der Waals surface area contributed by atoms with Gasteiger partial charge in [0.15, 0.2) is 0 Å². The van der Waals surface area contributed by atoms with E-state index in [1.165, 1.54) is 18.9 Å². The second-order valence-corrected chi connectivity index (χ2v) is 12.1. The molecule has 9 nitrogen and oxygen atoms in total. The van der Waals surface area contributed by atoms with Gasteiger partial charge in [-0.1, -0.05) is 37.1 Å². The van der Waals surface area contributed by atoms with E-state index in [2.05, 4.69) is 14.6 Å². The number of benzene rings is 3. The van der Waals surface area contributed by atoms with Gasteiger partial charge in [-0.2, -0.15) is 0 Å². The summed E-state index contributed by atoms with van der Waals surface area (Å²) < 4.78 is 35.8. The summed E-state index contributed by atoms with van der Waals surface area (Å²) in [7, 11) is -0.498. The van der Waals surface area contributed by atoms with Gasteiger partial charge in [-0.05, 0) is 78.8 Å². The number of amides is 2. The van der Waals surface area contributed by atoms with Crippen molar-refractivity contribution in [1.29, 1.82) is 0 Å². The molecule has 3 N–H and O–H groups in total. The molecule has 214 valence electrons. The summed E-state index contributed by atoms with van der Waals surface area (Å²) in [6.45, 7) is 1.67. The maximum absolute atomic E-state index is 13.0. The normalized spacial score (nSPS) is 13.8. The highest BCUT2D eigenvalue weighted by Gasteiger charge is 2.27. The summed E-state index contributed by atoms with van der Waals surface area (Å²) >= 11 is 0. The minimum atomic E-state index is -4.06. The minimum Gasteiger partial charge on any atom is -0.496 e. The molecule has 1 aromatic heterocycles. The summed E-state index contributed by atoms with van der Waals surface area (Å²) in [5.74, 6) is 0.0976. The largest absolute Gasteiger partial charge is 0.496 e. The third-order valence-corrected chi connectivity index (χ3v) is 9.36. The van der Waals surface area contributed by atoms with Crippen molar-refractivity contribution in [2.24, 2.45) is 7.05 Å². The molecule has 3 aromatic carbocycles. The molecule has 0 atom stereocenters. The van der Waals surface area contributed by atoms with Crippen LogP contribution in [-0.2, 0) is 23.5 Å². The molecule has 0 saturated heterocycles. The maximum Gasteiger partial charge on any atom is 0.409 e. The van der Waals surface area contributed by atoms with Crippen LogP contribution >= 0.6 is 0 Å². The first-order valence-corrected chi connectivity index (χ1v) is 15.0. The number of carboxylic acid groups (broad SMARTS) is 1. The molecule has 0 unspecified atom stereocenters. The molecule has 0 aliphatic heterocycles. The number of nitrogens with zero attached hydrogens (tertiary/aromatic N) is 1. The van der Waals surface area contributed by atoms with Crippen LogP contribution in [0.3, 0.4) is 0 Å². The van der Waals surface area contributed by atoms with Gasteiger partial charge >= 0.3 is 6.09 Å². The summed E-state index contributed by atoms with van der Waals surface area (Å²) in [6, 6.07) is 17.0. The monoisotopic (exact) mass is 575 g/mol. The Hall–Kier alpha value is -4.31. The Morgan fingerprint density at radius 3 is 2.46 bits per heavy atom. The van der Waals surface area contributed by atoms with Gasteiger partial charge in [-0.25, -0.2) is 17.9 Å². The van der Waals surface area contributed by atoms with E-state index in [9.17, 15) is 23.1 Å². The molecule has 5 rings (SSSR count). The van der Waals surface area contributed by atoms with E-state index < -0.39 is 22.0 Å². The van der Waals surface area contributed by atoms with E-state index in [-0.39, 0.29) is 10.5 Å². The standard InChI is InChI=1S/C31H33N3O6S/c1-19-8-4-7-11-28(19)41(38,39)33-30(35)22-13-12-21(27(17-22)40-3)16-25-24-18-23(32-31(36)37)14-15-26(24)34(2)29(25)20-9-5-6-10-20/h4,7-8,11-15,17-18,20,32H,5-6,9-10,16H2,1-3H3,(H,33,35)(H,36,37). The number of ether oxygens (including phenoxy) is 1. The van der Waals surface area contributed by atoms with Crippen molar-refractivity contribution in [2.45, 2.75) is 49.8 Å². The smallest absolute Gasteiger partial charge is 0.409 e. The third kappa shape index (κ3) is 5.65. The molecule has 1 fully saturated rings. The average molecular weight is 576 g/mol. The number of hydrogen-bond acceptors (Lipinski definition) is 5. The Kier molecular flexibility index (Phi) is 7.77. The number of nitrogens with one attached hydrogen (secondary N) is 2. The number of methoxy groups -OCH3 is 1. The number of aryl methyl sites for hydroxylation is 2. The van der Waals surface area contributed by atoms with Gasteiger partial charge < -0.3 is 14.4 Å². The number of rotatable bonds is 8. The first-order valence-electron chi connectivity index (χ1n) is 13.5. The minimum absolute atomic E-state index is 0.0455. The fourth-order valence-corrected chi connectivity index (χ4v) is 7.18. The van der Waals surface area contributed by atoms with E-state index in [1.807, 2.05) is 19.2 Å². The van der Waals surface area contributed by atoms with E-state index in [4.69, 9.17) is 4.74 Å². The molecule has 10 heteroatoms. The predicted octanol–water partition coefficient (Wildman–Crippen LogP) is 5.95. The zero-order chi connectivity index (χ0) is 29.3. The highest BCUT2D eigenvalue weighted by molar-refractivity contribution is 7.90. The summed E-state index contributed by atoms with van der Waals surface area (Å²) in [4.78, 5) is 24.4. The highest BCUT2D eigenvalue weighted by atomic mass is 32.2. The number of hydrogen-bond donors (Lipinski definition) is 3. The van der Waals surface area contributed by atoms with Gasteiger partial charge in [0.05, 0.1) is 12.0 Å². The van der Waals surface area contributed by atoms with E-state index in [0.717, 1.165) is 47.7 Å². The molecule has 4 aromatic rings. The molecule has 0 spiro atoms. The van der Waals surface area contributed by atoms with Crippen LogP contribution in [0, 0.1) is 6.92 Å². The van der Waals surface area contributed by atoms with Crippen LogP contribution < -0.4 is 14.8 Å². The lowest BCUT2D eigenvalue weighted by Crippen LogP contribution is -2.31. The van der Waals surface area contributed by atoms with Crippen LogP contribution in [-0.4, -0.2) is 37.2 Å². The van der Waals surface area contributed by atoms with Crippen LogP contribution in [0.15, 0.2) is 65.6 Å². The average Bonchev–Trinajstić information content (AvgIpc) is 3.55. The second-order valence-electron chi connectivity index (χ2n) is 10.5. The Balaban J connectivity index is 1.51. The fourth-order valence-electron chi connectivity index (χ4n) is 5.96. The van der Waals surface area contributed by atoms with Crippen molar-refractivity contribution in [3.8, 4) is 5.75 Å². The molecular formula is C31H33N3O6S.